The minimum absolute atomic E-state index is 0.153. The standard InChI is InChI=1S/C18H14F3NO5/c19-12-7-14(21)13(20)6-11(12)17(25)15(8-16(23)24)22-18(26)27-9-10-4-2-1-3-5-10/h1-7,15H,8-9H2,(H,22,26)(H,23,24)/t15-/m0/s1. The van der Waals surface area contributed by atoms with Crippen LogP contribution in [0.3, 0.4) is 0 Å². The van der Waals surface area contributed by atoms with E-state index in [0.717, 1.165) is 0 Å². The first-order chi connectivity index (χ1) is 12.8. The first-order valence-electron chi connectivity index (χ1n) is 7.65. The number of Topliss-reactive ketones (excluding diaryl/α,β-unsaturated/α-hetero) is 1. The molecule has 0 unspecified atom stereocenters. The van der Waals surface area contributed by atoms with Crippen LogP contribution < -0.4 is 5.32 Å². The third kappa shape index (κ3) is 5.56. The van der Waals surface area contributed by atoms with Crippen LogP contribution in [0.4, 0.5) is 18.0 Å². The Morgan fingerprint density at radius 1 is 1.00 bits per heavy atom. The predicted molar refractivity (Wildman–Crippen MR) is 86.5 cm³/mol. The van der Waals surface area contributed by atoms with Crippen molar-refractivity contribution in [3.8, 4) is 0 Å². The van der Waals surface area contributed by atoms with Gasteiger partial charge in [-0.1, -0.05) is 30.3 Å². The molecular weight excluding hydrogens is 367 g/mol. The third-order valence-corrected chi connectivity index (χ3v) is 3.48. The van der Waals surface area contributed by atoms with E-state index in [0.29, 0.717) is 11.6 Å². The van der Waals surface area contributed by atoms with Gasteiger partial charge < -0.3 is 15.2 Å². The number of ether oxygens (including phenoxy) is 1. The van der Waals surface area contributed by atoms with E-state index in [2.05, 4.69) is 0 Å². The summed E-state index contributed by atoms with van der Waals surface area (Å²) >= 11 is 0. The molecule has 0 heterocycles. The molecular formula is C18H14F3NO5. The Balaban J connectivity index is 2.12. The third-order valence-electron chi connectivity index (χ3n) is 3.48. The van der Waals surface area contributed by atoms with Crippen molar-refractivity contribution in [2.45, 2.75) is 19.1 Å². The summed E-state index contributed by atoms with van der Waals surface area (Å²) in [4.78, 5) is 35.1. The maximum Gasteiger partial charge on any atom is 0.408 e. The van der Waals surface area contributed by atoms with Gasteiger partial charge in [-0.15, -0.1) is 0 Å². The van der Waals surface area contributed by atoms with E-state index in [1.807, 2.05) is 5.32 Å². The predicted octanol–water partition coefficient (Wildman–Crippen LogP) is 3.06. The van der Waals surface area contributed by atoms with Gasteiger partial charge in [0.1, 0.15) is 18.5 Å². The van der Waals surface area contributed by atoms with Gasteiger partial charge in [0.15, 0.2) is 17.4 Å². The molecule has 0 fully saturated rings. The van der Waals surface area contributed by atoms with Crippen molar-refractivity contribution in [2.75, 3.05) is 0 Å². The lowest BCUT2D eigenvalue weighted by atomic mass is 10.0. The number of carboxylic acids is 1. The van der Waals surface area contributed by atoms with E-state index in [1.54, 1.807) is 30.3 Å². The monoisotopic (exact) mass is 381 g/mol. The molecule has 0 aliphatic rings. The van der Waals surface area contributed by atoms with Crippen LogP contribution >= 0.6 is 0 Å². The highest BCUT2D eigenvalue weighted by molar-refractivity contribution is 6.03. The summed E-state index contributed by atoms with van der Waals surface area (Å²) < 4.78 is 44.9. The minimum atomic E-state index is -1.73. The number of aliphatic carboxylic acids is 1. The van der Waals surface area contributed by atoms with Gasteiger partial charge in [-0.05, 0) is 11.6 Å². The number of alkyl carbamates (subject to hydrolysis) is 1. The van der Waals surface area contributed by atoms with E-state index in [1.165, 1.54) is 0 Å². The minimum Gasteiger partial charge on any atom is -0.481 e. The summed E-state index contributed by atoms with van der Waals surface area (Å²) in [7, 11) is 0. The van der Waals surface area contributed by atoms with Crippen molar-refractivity contribution in [2.24, 2.45) is 0 Å². The van der Waals surface area contributed by atoms with E-state index in [-0.39, 0.29) is 12.7 Å². The number of amides is 1. The lowest BCUT2D eigenvalue weighted by Crippen LogP contribution is -2.43. The number of hydrogen-bond acceptors (Lipinski definition) is 4. The molecule has 0 saturated heterocycles. The number of ketones is 1. The Morgan fingerprint density at radius 2 is 1.63 bits per heavy atom. The quantitative estimate of drug-likeness (QED) is 0.568. The first kappa shape index (κ1) is 20.0. The Morgan fingerprint density at radius 3 is 2.26 bits per heavy atom. The van der Waals surface area contributed by atoms with Crippen molar-refractivity contribution in [1.82, 2.24) is 5.32 Å². The average molecular weight is 381 g/mol. The Bertz CT molecular complexity index is 858. The molecule has 0 spiro atoms. The van der Waals surface area contributed by atoms with Gasteiger partial charge in [-0.2, -0.15) is 0 Å². The van der Waals surface area contributed by atoms with Crippen LogP contribution in [0.2, 0.25) is 0 Å². The fourth-order valence-electron chi connectivity index (χ4n) is 2.19. The molecule has 2 aromatic carbocycles. The molecule has 6 nitrogen and oxygen atoms in total. The maximum absolute atomic E-state index is 13.8. The Hall–Kier alpha value is -3.36. The second-order valence-electron chi connectivity index (χ2n) is 5.47. The fraction of sp³-hybridized carbons (Fsp3) is 0.167. The number of hydrogen-bond donors (Lipinski definition) is 2. The highest BCUT2D eigenvalue weighted by atomic mass is 19.2. The van der Waals surface area contributed by atoms with E-state index >= 15 is 0 Å². The van der Waals surface area contributed by atoms with Crippen molar-refractivity contribution >= 4 is 17.8 Å². The van der Waals surface area contributed by atoms with Crippen LogP contribution in [0.5, 0.6) is 0 Å². The molecule has 2 N–H and O–H groups in total. The molecule has 1 atom stereocenters. The highest BCUT2D eigenvalue weighted by Crippen LogP contribution is 2.17. The summed E-state index contributed by atoms with van der Waals surface area (Å²) in [6, 6.07) is 7.24. The van der Waals surface area contributed by atoms with Crippen LogP contribution in [0, 0.1) is 17.5 Å². The zero-order chi connectivity index (χ0) is 20.0. The van der Waals surface area contributed by atoms with Gasteiger partial charge >= 0.3 is 12.1 Å². The lowest BCUT2D eigenvalue weighted by Gasteiger charge is -2.16. The molecule has 0 aliphatic heterocycles. The summed E-state index contributed by atoms with van der Waals surface area (Å²) in [5, 5.41) is 10.9. The Labute approximate surface area is 151 Å². The van der Waals surface area contributed by atoms with Gasteiger partial charge in [-0.25, -0.2) is 18.0 Å². The molecule has 0 saturated carbocycles. The maximum atomic E-state index is 13.8. The van der Waals surface area contributed by atoms with Gasteiger partial charge in [0, 0.05) is 6.07 Å². The smallest absolute Gasteiger partial charge is 0.408 e. The molecule has 0 aliphatic carbocycles. The highest BCUT2D eigenvalue weighted by Gasteiger charge is 2.28. The average Bonchev–Trinajstić information content (AvgIpc) is 2.62. The largest absolute Gasteiger partial charge is 0.481 e. The lowest BCUT2D eigenvalue weighted by molar-refractivity contribution is -0.137. The molecule has 9 heteroatoms. The first-order valence-corrected chi connectivity index (χ1v) is 7.65. The van der Waals surface area contributed by atoms with Crippen molar-refractivity contribution < 1.29 is 37.4 Å². The number of benzene rings is 2. The fourth-order valence-corrected chi connectivity index (χ4v) is 2.19. The molecule has 0 aromatic heterocycles. The zero-order valence-corrected chi connectivity index (χ0v) is 13.7. The molecule has 142 valence electrons. The van der Waals surface area contributed by atoms with Crippen LogP contribution in [-0.2, 0) is 16.1 Å². The van der Waals surface area contributed by atoms with Crippen LogP contribution in [-0.4, -0.2) is 29.0 Å². The molecule has 1 amide bonds. The van der Waals surface area contributed by atoms with Gasteiger partial charge in [0.2, 0.25) is 0 Å². The number of carboxylic acid groups (broad SMARTS) is 1. The molecule has 27 heavy (non-hydrogen) atoms. The Kier molecular flexibility index (Phi) is 6.53. The van der Waals surface area contributed by atoms with Gasteiger partial charge in [-0.3, -0.25) is 9.59 Å². The summed E-state index contributed by atoms with van der Waals surface area (Å²) in [5.41, 5.74) is -0.246. The summed E-state index contributed by atoms with van der Waals surface area (Å²) in [5.74, 6) is -7.08. The topological polar surface area (TPSA) is 92.7 Å². The van der Waals surface area contributed by atoms with Crippen molar-refractivity contribution in [3.63, 3.8) is 0 Å². The summed E-state index contributed by atoms with van der Waals surface area (Å²) in [6.45, 7) is -0.153. The van der Waals surface area contributed by atoms with Crippen LogP contribution in [0.1, 0.15) is 22.3 Å². The molecule has 0 bridgehead atoms. The van der Waals surface area contributed by atoms with Crippen molar-refractivity contribution in [3.05, 3.63) is 71.0 Å². The number of nitrogens with one attached hydrogen (secondary N) is 1. The van der Waals surface area contributed by atoms with Crippen molar-refractivity contribution in [1.29, 1.82) is 0 Å². The number of rotatable bonds is 7. The number of halogens is 3. The van der Waals surface area contributed by atoms with Gasteiger partial charge in [0.05, 0.1) is 12.0 Å². The van der Waals surface area contributed by atoms with E-state index in [9.17, 15) is 27.6 Å². The van der Waals surface area contributed by atoms with E-state index < -0.39 is 53.3 Å². The SMILES string of the molecule is O=C(O)C[C@H](NC(=O)OCc1ccccc1)C(=O)c1cc(F)c(F)cc1F. The second kappa shape index (κ2) is 8.84. The second-order valence-corrected chi connectivity index (χ2v) is 5.47. The number of carbonyl (C=O) groups excluding carboxylic acids is 2. The number of carbonyl (C=O) groups is 3. The normalized spacial score (nSPS) is 11.5. The summed E-state index contributed by atoms with van der Waals surface area (Å²) in [6.07, 6.45) is -2.03. The molecule has 2 aromatic rings. The van der Waals surface area contributed by atoms with Crippen LogP contribution in [0.15, 0.2) is 42.5 Å². The van der Waals surface area contributed by atoms with Gasteiger partial charge in [0.25, 0.3) is 0 Å². The molecule has 2 rings (SSSR count). The zero-order valence-electron chi connectivity index (χ0n) is 13.7. The molecule has 0 radical (unpaired) electrons. The van der Waals surface area contributed by atoms with Crippen LogP contribution in [0.25, 0.3) is 0 Å². The van der Waals surface area contributed by atoms with E-state index in [4.69, 9.17) is 9.84 Å².